The average molecular weight is 652 g/mol. The highest BCUT2D eigenvalue weighted by atomic mass is 19.1. The number of halogens is 1. The van der Waals surface area contributed by atoms with Crippen molar-refractivity contribution in [3.8, 4) is 34.0 Å². The van der Waals surface area contributed by atoms with Gasteiger partial charge in [0.1, 0.15) is 5.82 Å². The Balaban J connectivity index is 1.14. The van der Waals surface area contributed by atoms with Crippen molar-refractivity contribution in [1.29, 1.82) is 0 Å². The number of fused-ring (bicyclic) bond motifs is 1. The van der Waals surface area contributed by atoms with Crippen molar-refractivity contribution in [2.45, 2.75) is 52.2 Å². The Morgan fingerprint density at radius 1 is 1.02 bits per heavy atom. The quantitative estimate of drug-likeness (QED) is 0.179. The summed E-state index contributed by atoms with van der Waals surface area (Å²) >= 11 is 0. The predicted molar refractivity (Wildman–Crippen MR) is 185 cm³/mol. The minimum atomic E-state index is -0.430. The third kappa shape index (κ3) is 6.82. The monoisotopic (exact) mass is 651 g/mol. The molecule has 0 spiro atoms. The SMILES string of the molecule is CCN(C(=O)c1cc(F)ccc1-c1cc(N2CCC(NCc3ccc(-c4cc(OC)c(OC)nn4)cc3)CC2)cn2cncc12)C(C)C. The van der Waals surface area contributed by atoms with E-state index in [0.29, 0.717) is 35.3 Å². The van der Waals surface area contributed by atoms with Crippen LogP contribution in [0.25, 0.3) is 27.9 Å². The predicted octanol–water partition coefficient (Wildman–Crippen LogP) is 6.24. The van der Waals surface area contributed by atoms with Crippen LogP contribution in [0.1, 0.15) is 49.5 Å². The number of amides is 1. The van der Waals surface area contributed by atoms with Gasteiger partial charge in [-0.15, -0.1) is 10.2 Å². The first-order valence-electron chi connectivity index (χ1n) is 16.4. The number of nitrogens with one attached hydrogen (secondary N) is 1. The molecule has 1 saturated heterocycles. The van der Waals surface area contributed by atoms with Crippen LogP contribution < -0.4 is 19.7 Å². The highest BCUT2D eigenvalue weighted by Crippen LogP contribution is 2.34. The second kappa shape index (κ2) is 14.4. The van der Waals surface area contributed by atoms with Gasteiger partial charge in [-0.05, 0) is 62.9 Å². The van der Waals surface area contributed by atoms with Gasteiger partial charge in [-0.1, -0.05) is 30.3 Å². The molecule has 48 heavy (non-hydrogen) atoms. The van der Waals surface area contributed by atoms with E-state index in [2.05, 4.69) is 49.8 Å². The number of pyridine rings is 1. The summed E-state index contributed by atoms with van der Waals surface area (Å²) in [7, 11) is 3.12. The van der Waals surface area contributed by atoms with Crippen LogP contribution >= 0.6 is 0 Å². The topological polar surface area (TPSA) is 97.1 Å². The number of anilines is 1. The highest BCUT2D eigenvalue weighted by molar-refractivity contribution is 6.03. The standard InChI is InChI=1S/C37H42FN7O3/c1-6-45(24(2)3)37(46)32-17-27(38)11-12-30(32)31-18-29(22-44-23-39-21-34(31)44)43-15-13-28(14-16-43)40-20-25-7-9-26(10-8-25)33-19-35(47-4)36(48-5)42-41-33/h7-12,17-19,21-24,28,40H,6,13-16,20H2,1-5H3. The van der Waals surface area contributed by atoms with E-state index in [-0.39, 0.29) is 11.9 Å². The molecule has 0 unspecified atom stereocenters. The summed E-state index contributed by atoms with van der Waals surface area (Å²) in [6, 6.07) is 17.1. The number of carbonyl (C=O) groups excluding carboxylic acids is 1. The van der Waals surface area contributed by atoms with E-state index >= 15 is 0 Å². The fourth-order valence-corrected chi connectivity index (χ4v) is 6.42. The first kappa shape index (κ1) is 32.9. The Hall–Kier alpha value is -5.03. The number of imidazole rings is 1. The Morgan fingerprint density at radius 2 is 1.79 bits per heavy atom. The number of carbonyl (C=O) groups is 1. The summed E-state index contributed by atoms with van der Waals surface area (Å²) in [6.45, 7) is 8.94. The molecule has 1 N–H and O–H groups in total. The summed E-state index contributed by atoms with van der Waals surface area (Å²) in [5, 5.41) is 12.1. The van der Waals surface area contributed by atoms with Crippen LogP contribution in [0.4, 0.5) is 10.1 Å². The third-order valence-electron chi connectivity index (χ3n) is 9.08. The number of hydrogen-bond acceptors (Lipinski definition) is 8. The summed E-state index contributed by atoms with van der Waals surface area (Å²) in [4.78, 5) is 22.2. The van der Waals surface area contributed by atoms with Crippen molar-refractivity contribution < 1.29 is 18.7 Å². The van der Waals surface area contributed by atoms with Gasteiger partial charge in [0.05, 0.1) is 49.2 Å². The van der Waals surface area contributed by atoms with Crippen molar-refractivity contribution in [1.82, 2.24) is 29.8 Å². The lowest BCUT2D eigenvalue weighted by molar-refractivity contribution is 0.0717. The summed E-state index contributed by atoms with van der Waals surface area (Å²) in [5.74, 6) is 0.289. The molecule has 6 rings (SSSR count). The summed E-state index contributed by atoms with van der Waals surface area (Å²) in [5.41, 5.74) is 6.69. The van der Waals surface area contributed by atoms with Crippen LogP contribution in [-0.2, 0) is 6.54 Å². The van der Waals surface area contributed by atoms with Gasteiger partial charge in [0.25, 0.3) is 11.8 Å². The molecule has 10 nitrogen and oxygen atoms in total. The number of benzene rings is 2. The molecule has 0 bridgehead atoms. The van der Waals surface area contributed by atoms with E-state index in [1.54, 1.807) is 30.6 Å². The molecule has 2 aromatic carbocycles. The van der Waals surface area contributed by atoms with Crippen molar-refractivity contribution in [2.75, 3.05) is 38.8 Å². The van der Waals surface area contributed by atoms with Crippen molar-refractivity contribution in [3.63, 3.8) is 0 Å². The number of piperidine rings is 1. The van der Waals surface area contributed by atoms with Gasteiger partial charge in [-0.2, -0.15) is 0 Å². The first-order valence-corrected chi connectivity index (χ1v) is 16.4. The lowest BCUT2D eigenvalue weighted by Crippen LogP contribution is -2.42. The van der Waals surface area contributed by atoms with Crippen molar-refractivity contribution in [2.24, 2.45) is 0 Å². The normalized spacial score (nSPS) is 13.7. The maximum absolute atomic E-state index is 14.5. The third-order valence-corrected chi connectivity index (χ3v) is 9.08. The number of ether oxygens (including phenoxy) is 2. The molecular weight excluding hydrogens is 609 g/mol. The highest BCUT2D eigenvalue weighted by Gasteiger charge is 2.25. The van der Waals surface area contributed by atoms with Gasteiger partial charge in [-0.3, -0.25) is 4.79 Å². The number of methoxy groups -OCH3 is 2. The second-order valence-electron chi connectivity index (χ2n) is 12.3. The molecule has 0 saturated carbocycles. The molecule has 5 aromatic rings. The molecule has 0 radical (unpaired) electrons. The molecule has 0 aliphatic carbocycles. The molecular formula is C37H42FN7O3. The van der Waals surface area contributed by atoms with Gasteiger partial charge < -0.3 is 29.0 Å². The molecule has 3 aromatic heterocycles. The molecule has 1 aliphatic rings. The van der Waals surface area contributed by atoms with Crippen LogP contribution in [0.2, 0.25) is 0 Å². The maximum atomic E-state index is 14.5. The molecule has 4 heterocycles. The largest absolute Gasteiger partial charge is 0.491 e. The fourth-order valence-electron chi connectivity index (χ4n) is 6.42. The Morgan fingerprint density at radius 3 is 2.48 bits per heavy atom. The summed E-state index contributed by atoms with van der Waals surface area (Å²) < 4.78 is 27.1. The molecule has 1 amide bonds. The average Bonchev–Trinajstić information content (AvgIpc) is 3.60. The molecule has 11 heteroatoms. The van der Waals surface area contributed by atoms with E-state index in [1.807, 2.05) is 43.4 Å². The van der Waals surface area contributed by atoms with E-state index in [4.69, 9.17) is 9.47 Å². The zero-order valence-electron chi connectivity index (χ0n) is 28.1. The van der Waals surface area contributed by atoms with Crippen molar-refractivity contribution in [3.05, 3.63) is 90.3 Å². The molecule has 0 atom stereocenters. The zero-order chi connectivity index (χ0) is 33.8. The first-order chi connectivity index (χ1) is 23.3. The lowest BCUT2D eigenvalue weighted by Gasteiger charge is -2.34. The van der Waals surface area contributed by atoms with E-state index in [1.165, 1.54) is 24.8 Å². The number of nitrogens with zero attached hydrogens (tertiary/aromatic N) is 6. The van der Waals surface area contributed by atoms with Gasteiger partial charge in [0.15, 0.2) is 5.75 Å². The minimum absolute atomic E-state index is 0.00645. The fraction of sp³-hybridized carbons (Fsp3) is 0.351. The number of hydrogen-bond donors (Lipinski definition) is 1. The lowest BCUT2D eigenvalue weighted by atomic mass is 9.97. The van der Waals surface area contributed by atoms with Gasteiger partial charge >= 0.3 is 0 Å². The van der Waals surface area contributed by atoms with E-state index in [0.717, 1.165) is 60.5 Å². The molecule has 250 valence electrons. The second-order valence-corrected chi connectivity index (χ2v) is 12.3. The van der Waals surface area contributed by atoms with E-state index in [9.17, 15) is 9.18 Å². The Labute approximate surface area is 280 Å². The number of rotatable bonds is 11. The molecule has 1 aliphatic heterocycles. The van der Waals surface area contributed by atoms with Crippen LogP contribution in [-0.4, -0.2) is 76.3 Å². The summed E-state index contributed by atoms with van der Waals surface area (Å²) in [6.07, 6.45) is 7.62. The minimum Gasteiger partial charge on any atom is -0.491 e. The Kier molecular flexibility index (Phi) is 9.86. The van der Waals surface area contributed by atoms with Crippen LogP contribution in [0.15, 0.2) is 73.3 Å². The van der Waals surface area contributed by atoms with Crippen molar-refractivity contribution >= 4 is 17.1 Å². The van der Waals surface area contributed by atoms with Gasteiger partial charge in [0, 0.05) is 61.7 Å². The van der Waals surface area contributed by atoms with Gasteiger partial charge in [0.2, 0.25) is 0 Å². The maximum Gasteiger partial charge on any atom is 0.276 e. The molecule has 1 fully saturated rings. The van der Waals surface area contributed by atoms with Crippen LogP contribution in [0.5, 0.6) is 11.6 Å². The zero-order valence-corrected chi connectivity index (χ0v) is 28.1. The van der Waals surface area contributed by atoms with Gasteiger partial charge in [-0.25, -0.2) is 9.37 Å². The van der Waals surface area contributed by atoms with E-state index < -0.39 is 5.82 Å². The van der Waals surface area contributed by atoms with Crippen LogP contribution in [0, 0.1) is 5.82 Å². The van der Waals surface area contributed by atoms with Crippen LogP contribution in [0.3, 0.4) is 0 Å². The Bertz CT molecular complexity index is 1880. The smallest absolute Gasteiger partial charge is 0.276 e. The number of aromatic nitrogens is 4.